The van der Waals surface area contributed by atoms with Gasteiger partial charge in [-0.1, -0.05) is 0 Å². The van der Waals surface area contributed by atoms with Crippen LogP contribution < -0.4 is 5.32 Å². The van der Waals surface area contributed by atoms with E-state index >= 15 is 0 Å². The van der Waals surface area contributed by atoms with Crippen molar-refractivity contribution in [1.82, 2.24) is 25.0 Å². The minimum Gasteiger partial charge on any atom is -0.483 e. The summed E-state index contributed by atoms with van der Waals surface area (Å²) in [5.41, 5.74) is -1.09. The van der Waals surface area contributed by atoms with Crippen molar-refractivity contribution in [3.63, 3.8) is 0 Å². The summed E-state index contributed by atoms with van der Waals surface area (Å²) in [6.45, 7) is 0.00641. The van der Waals surface area contributed by atoms with E-state index in [1.807, 2.05) is 10.7 Å². The highest BCUT2D eigenvalue weighted by Gasteiger charge is 2.44. The molecule has 1 fully saturated rings. The molecule has 0 radical (unpaired) electrons. The second-order valence-corrected chi connectivity index (χ2v) is 7.17. The number of nitrogens with one attached hydrogen (secondary N) is 1. The van der Waals surface area contributed by atoms with Crippen LogP contribution in [0.15, 0.2) is 30.0 Å². The Morgan fingerprint density at radius 2 is 1.84 bits per heavy atom. The Kier molecular flexibility index (Phi) is 10.6. The molecule has 0 aromatic carbocycles. The second kappa shape index (κ2) is 12.6. The summed E-state index contributed by atoms with van der Waals surface area (Å²) in [5, 5.41) is 22.8. The van der Waals surface area contributed by atoms with Crippen molar-refractivity contribution in [3.05, 3.63) is 35.0 Å². The van der Waals surface area contributed by atoms with Gasteiger partial charge in [-0.15, -0.1) is 11.3 Å². The zero-order valence-electron chi connectivity index (χ0n) is 16.2. The number of piperidine rings is 1. The van der Waals surface area contributed by atoms with Crippen molar-refractivity contribution in [2.24, 2.45) is 0 Å². The summed E-state index contributed by atoms with van der Waals surface area (Å²) in [6.07, 6.45) is 1.24. The molecule has 31 heavy (non-hydrogen) atoms. The van der Waals surface area contributed by atoms with Crippen molar-refractivity contribution in [1.29, 1.82) is 0 Å². The number of likely N-dealkylation sites (tertiary alicyclic amines) is 1. The average Bonchev–Trinajstić information content (AvgIpc) is 3.42. The average molecular weight is 465 g/mol. The molecule has 1 aliphatic heterocycles. The van der Waals surface area contributed by atoms with E-state index in [1.54, 1.807) is 29.8 Å². The molecule has 3 N–H and O–H groups in total. The number of thiazole rings is 1. The molecular formula is C17H22F3N5O5S. The quantitative estimate of drug-likeness (QED) is 0.564. The largest absolute Gasteiger partial charge is 0.483 e. The third kappa shape index (κ3) is 8.33. The first kappa shape index (κ1) is 26.0. The van der Waals surface area contributed by atoms with E-state index in [4.69, 9.17) is 19.8 Å². The van der Waals surface area contributed by atoms with Crippen LogP contribution in [0.2, 0.25) is 0 Å². The maximum Gasteiger partial charge on any atom is 0.405 e. The molecule has 3 rings (SSSR count). The Labute approximate surface area is 179 Å². The van der Waals surface area contributed by atoms with Crippen molar-refractivity contribution in [3.8, 4) is 0 Å². The third-order valence-corrected chi connectivity index (χ3v) is 5.10. The first-order chi connectivity index (χ1) is 14.7. The molecular weight excluding hydrogens is 443 g/mol. The lowest BCUT2D eigenvalue weighted by molar-refractivity contribution is -0.146. The lowest BCUT2D eigenvalue weighted by Gasteiger charge is -2.40. The standard InChI is InChI=1S/C15H18F3N5OS.2CH2O2/c16-15(17,18)11-20-13(24)14(23-6-1-4-21-23)2-7-22(8-3-14)10-12-19-5-9-25-12;2*2-1-3/h1,4-6,9H,2-3,7-8,10-11H2,(H,20,24);2*1H,(H,2,3). The summed E-state index contributed by atoms with van der Waals surface area (Å²) >= 11 is 1.56. The number of hydrogen-bond donors (Lipinski definition) is 3. The smallest absolute Gasteiger partial charge is 0.405 e. The first-order valence-electron chi connectivity index (χ1n) is 8.84. The van der Waals surface area contributed by atoms with Crippen molar-refractivity contribution in [2.75, 3.05) is 19.6 Å². The van der Waals surface area contributed by atoms with Gasteiger partial charge in [-0.2, -0.15) is 18.3 Å². The summed E-state index contributed by atoms with van der Waals surface area (Å²) in [7, 11) is 0. The van der Waals surface area contributed by atoms with Crippen LogP contribution in [-0.4, -0.2) is 74.5 Å². The fraction of sp³-hybridized carbons (Fsp3) is 0.471. The molecule has 1 amide bonds. The van der Waals surface area contributed by atoms with Crippen LogP contribution in [0.1, 0.15) is 17.8 Å². The molecule has 0 spiro atoms. The van der Waals surface area contributed by atoms with Crippen LogP contribution >= 0.6 is 11.3 Å². The molecule has 0 unspecified atom stereocenters. The molecule has 2 aromatic rings. The van der Waals surface area contributed by atoms with Crippen LogP contribution in [0, 0.1) is 0 Å². The molecule has 1 saturated heterocycles. The van der Waals surface area contributed by atoms with E-state index in [9.17, 15) is 18.0 Å². The lowest BCUT2D eigenvalue weighted by atomic mass is 9.86. The van der Waals surface area contributed by atoms with Gasteiger partial charge >= 0.3 is 6.18 Å². The molecule has 2 aromatic heterocycles. The Hall–Kier alpha value is -3.00. The number of aromatic nitrogens is 3. The highest BCUT2D eigenvalue weighted by atomic mass is 32.1. The van der Waals surface area contributed by atoms with Crippen LogP contribution in [0.3, 0.4) is 0 Å². The van der Waals surface area contributed by atoms with E-state index in [1.165, 1.54) is 10.9 Å². The number of alkyl halides is 3. The maximum absolute atomic E-state index is 12.6. The molecule has 0 atom stereocenters. The Bertz CT molecular complexity index is 773. The van der Waals surface area contributed by atoms with Crippen LogP contribution in [0.5, 0.6) is 0 Å². The highest BCUT2D eigenvalue weighted by molar-refractivity contribution is 7.09. The fourth-order valence-corrected chi connectivity index (χ4v) is 3.69. The zero-order chi connectivity index (χ0) is 23.3. The number of nitrogens with zero attached hydrogens (tertiary/aromatic N) is 4. The van der Waals surface area contributed by atoms with Gasteiger partial charge in [0.2, 0.25) is 5.91 Å². The van der Waals surface area contributed by atoms with Crippen LogP contribution in [-0.2, 0) is 26.5 Å². The minimum atomic E-state index is -4.44. The number of carbonyl (C=O) groups excluding carboxylic acids is 1. The predicted octanol–water partition coefficient (Wildman–Crippen LogP) is 1.41. The summed E-state index contributed by atoms with van der Waals surface area (Å²) in [5.74, 6) is -0.637. The monoisotopic (exact) mass is 465 g/mol. The van der Waals surface area contributed by atoms with Gasteiger partial charge in [-0.05, 0) is 18.9 Å². The molecule has 1 aliphatic rings. The Morgan fingerprint density at radius 1 is 1.23 bits per heavy atom. The number of halogens is 3. The predicted molar refractivity (Wildman–Crippen MR) is 103 cm³/mol. The van der Waals surface area contributed by atoms with E-state index in [0.717, 1.165) is 5.01 Å². The third-order valence-electron chi connectivity index (χ3n) is 4.34. The molecule has 0 saturated carbocycles. The van der Waals surface area contributed by atoms with Crippen molar-refractivity contribution in [2.45, 2.75) is 31.1 Å². The molecule has 3 heterocycles. The minimum absolute atomic E-state index is 0.250. The molecule has 0 bridgehead atoms. The Balaban J connectivity index is 0.000000720. The van der Waals surface area contributed by atoms with Crippen LogP contribution in [0.4, 0.5) is 13.2 Å². The van der Waals surface area contributed by atoms with E-state index < -0.39 is 24.2 Å². The maximum atomic E-state index is 12.6. The SMILES string of the molecule is O=C(NCC(F)(F)F)C1(n2cccn2)CCN(Cc2nccs2)CC1.O=CO.O=CO. The van der Waals surface area contributed by atoms with Crippen molar-refractivity contribution >= 4 is 30.2 Å². The van der Waals surface area contributed by atoms with Gasteiger partial charge in [0.25, 0.3) is 12.9 Å². The number of carboxylic acid groups (broad SMARTS) is 2. The van der Waals surface area contributed by atoms with E-state index in [-0.39, 0.29) is 12.9 Å². The van der Waals surface area contributed by atoms with Gasteiger partial charge < -0.3 is 15.5 Å². The molecule has 172 valence electrons. The number of amides is 1. The van der Waals surface area contributed by atoms with Gasteiger partial charge in [0.1, 0.15) is 17.1 Å². The van der Waals surface area contributed by atoms with Gasteiger partial charge in [0.15, 0.2) is 0 Å². The van der Waals surface area contributed by atoms with E-state index in [2.05, 4.69) is 15.0 Å². The van der Waals surface area contributed by atoms with Gasteiger partial charge in [-0.3, -0.25) is 24.0 Å². The van der Waals surface area contributed by atoms with E-state index in [0.29, 0.717) is 32.5 Å². The second-order valence-electron chi connectivity index (χ2n) is 6.19. The number of rotatable bonds is 5. The van der Waals surface area contributed by atoms with Gasteiger partial charge in [-0.25, -0.2) is 4.98 Å². The molecule has 0 aliphatic carbocycles. The topological polar surface area (TPSA) is 138 Å². The van der Waals surface area contributed by atoms with Gasteiger partial charge in [0.05, 0.1) is 6.54 Å². The first-order valence-corrected chi connectivity index (χ1v) is 9.72. The highest BCUT2D eigenvalue weighted by Crippen LogP contribution is 2.31. The fourth-order valence-electron chi connectivity index (χ4n) is 3.03. The zero-order valence-corrected chi connectivity index (χ0v) is 17.1. The normalized spacial score (nSPS) is 15.5. The Morgan fingerprint density at radius 3 is 2.29 bits per heavy atom. The van der Waals surface area contributed by atoms with Crippen LogP contribution in [0.25, 0.3) is 0 Å². The summed E-state index contributed by atoms with van der Waals surface area (Å²) in [4.78, 5) is 35.7. The molecule has 10 nitrogen and oxygen atoms in total. The lowest BCUT2D eigenvalue weighted by Crippen LogP contribution is -2.56. The number of carbonyl (C=O) groups is 3. The van der Waals surface area contributed by atoms with Gasteiger partial charge in [0, 0.05) is 37.1 Å². The summed E-state index contributed by atoms with van der Waals surface area (Å²) < 4.78 is 38.9. The van der Waals surface area contributed by atoms with Crippen molar-refractivity contribution < 1.29 is 37.8 Å². The molecule has 14 heteroatoms. The summed E-state index contributed by atoms with van der Waals surface area (Å²) in [6, 6.07) is 1.67. The number of hydrogen-bond acceptors (Lipinski definition) is 7.